The van der Waals surface area contributed by atoms with E-state index in [2.05, 4.69) is 15.5 Å². The molecule has 3 N–H and O–H groups in total. The third kappa shape index (κ3) is 5.14. The third-order valence-corrected chi connectivity index (χ3v) is 3.48. The normalized spacial score (nSPS) is 12.4. The molecule has 0 unspecified atom stereocenters. The second-order valence-corrected chi connectivity index (χ2v) is 6.51. The van der Waals surface area contributed by atoms with Gasteiger partial charge in [0.15, 0.2) is 0 Å². The molecule has 0 amide bonds. The molecular formula is C17H20F3N3O2. The summed E-state index contributed by atoms with van der Waals surface area (Å²) >= 11 is 0. The lowest BCUT2D eigenvalue weighted by atomic mass is 10.0. The van der Waals surface area contributed by atoms with E-state index in [1.54, 1.807) is 26.0 Å². The van der Waals surface area contributed by atoms with Crippen LogP contribution < -0.4 is 5.32 Å². The van der Waals surface area contributed by atoms with E-state index in [1.165, 1.54) is 6.92 Å². The molecule has 0 aliphatic heterocycles. The Bertz CT molecular complexity index is 715. The Morgan fingerprint density at radius 3 is 2.28 bits per heavy atom. The van der Waals surface area contributed by atoms with Crippen LogP contribution in [0.4, 0.5) is 13.2 Å². The van der Waals surface area contributed by atoms with Crippen LogP contribution in [-0.2, 0) is 12.7 Å². The number of halogens is 3. The number of phenols is 1. The highest BCUT2D eigenvalue weighted by Crippen LogP contribution is 2.38. The monoisotopic (exact) mass is 355 g/mol. The maximum absolute atomic E-state index is 12.8. The molecule has 5 nitrogen and oxygen atoms in total. The molecule has 2 aromatic rings. The largest absolute Gasteiger partial charge is 0.507 e. The Morgan fingerprint density at radius 1 is 1.12 bits per heavy atom. The van der Waals surface area contributed by atoms with E-state index in [0.717, 1.165) is 6.07 Å². The van der Waals surface area contributed by atoms with Gasteiger partial charge in [0.1, 0.15) is 5.75 Å². The van der Waals surface area contributed by atoms with Gasteiger partial charge in [0.05, 0.1) is 22.6 Å². The van der Waals surface area contributed by atoms with E-state index in [-0.39, 0.29) is 16.8 Å². The van der Waals surface area contributed by atoms with Crippen LogP contribution in [0.1, 0.15) is 30.7 Å². The molecule has 0 atom stereocenters. The average molecular weight is 355 g/mol. The summed E-state index contributed by atoms with van der Waals surface area (Å²) in [6.07, 6.45) is -4.53. The Morgan fingerprint density at radius 2 is 1.80 bits per heavy atom. The fraction of sp³-hybridized carbons (Fsp3) is 0.412. The van der Waals surface area contributed by atoms with Crippen LogP contribution in [0.15, 0.2) is 24.3 Å². The molecule has 25 heavy (non-hydrogen) atoms. The molecule has 0 radical (unpaired) electrons. The second kappa shape index (κ2) is 6.97. The van der Waals surface area contributed by atoms with Gasteiger partial charge in [0, 0.05) is 18.7 Å². The zero-order valence-electron chi connectivity index (χ0n) is 14.1. The maximum Gasteiger partial charge on any atom is 0.416 e. The quantitative estimate of drug-likeness (QED) is 0.768. The van der Waals surface area contributed by atoms with Gasteiger partial charge in [0.25, 0.3) is 0 Å². The number of aliphatic hydroxyl groups is 1. The van der Waals surface area contributed by atoms with Gasteiger partial charge in [-0.2, -0.15) is 23.4 Å². The second-order valence-electron chi connectivity index (χ2n) is 6.51. The lowest BCUT2D eigenvalue weighted by Gasteiger charge is -2.17. The van der Waals surface area contributed by atoms with Crippen molar-refractivity contribution in [3.05, 3.63) is 41.1 Å². The summed E-state index contributed by atoms with van der Waals surface area (Å²) in [6, 6.07) is 4.90. The van der Waals surface area contributed by atoms with Crippen LogP contribution in [0, 0.1) is 6.92 Å². The first-order valence-corrected chi connectivity index (χ1v) is 7.64. The number of hydrogen-bond donors (Lipinski definition) is 3. The summed E-state index contributed by atoms with van der Waals surface area (Å²) in [5.41, 5.74) is -0.388. The van der Waals surface area contributed by atoms with Crippen molar-refractivity contribution in [2.45, 2.75) is 39.1 Å². The molecular weight excluding hydrogens is 335 g/mol. The fourth-order valence-corrected chi connectivity index (χ4v) is 2.35. The number of benzene rings is 1. The lowest BCUT2D eigenvalue weighted by Crippen LogP contribution is -2.34. The van der Waals surface area contributed by atoms with E-state index in [1.807, 2.05) is 0 Å². The summed E-state index contributed by atoms with van der Waals surface area (Å²) < 4.78 is 38.3. The van der Waals surface area contributed by atoms with Crippen LogP contribution in [0.3, 0.4) is 0 Å². The minimum atomic E-state index is -4.53. The first-order valence-electron chi connectivity index (χ1n) is 7.64. The first-order chi connectivity index (χ1) is 11.5. The van der Waals surface area contributed by atoms with Crippen LogP contribution in [0.2, 0.25) is 0 Å². The molecule has 0 saturated heterocycles. The van der Waals surface area contributed by atoms with E-state index < -0.39 is 23.1 Å². The molecule has 1 aromatic heterocycles. The fourth-order valence-electron chi connectivity index (χ4n) is 2.35. The Hall–Kier alpha value is -2.19. The third-order valence-electron chi connectivity index (χ3n) is 3.48. The number of hydrogen-bond acceptors (Lipinski definition) is 5. The number of alkyl halides is 3. The summed E-state index contributed by atoms with van der Waals surface area (Å²) in [7, 11) is 0. The lowest BCUT2D eigenvalue weighted by molar-refractivity contribution is -0.137. The van der Waals surface area contributed by atoms with Gasteiger partial charge in [-0.05, 0) is 50.6 Å². The van der Waals surface area contributed by atoms with Gasteiger partial charge in [-0.3, -0.25) is 0 Å². The highest BCUT2D eigenvalue weighted by Gasteiger charge is 2.32. The van der Waals surface area contributed by atoms with Crippen molar-refractivity contribution in [1.29, 1.82) is 0 Å². The Kier molecular flexibility index (Phi) is 5.34. The number of nitrogens with one attached hydrogen (secondary N) is 1. The molecule has 2 rings (SSSR count). The summed E-state index contributed by atoms with van der Waals surface area (Å²) in [5.74, 6) is -0.491. The van der Waals surface area contributed by atoms with Crippen LogP contribution in [-0.4, -0.2) is 32.6 Å². The summed E-state index contributed by atoms with van der Waals surface area (Å²) in [6.45, 7) is 5.57. The summed E-state index contributed by atoms with van der Waals surface area (Å²) in [5, 5.41) is 30.6. The van der Waals surface area contributed by atoms with Gasteiger partial charge in [-0.15, -0.1) is 0 Å². The van der Waals surface area contributed by atoms with E-state index >= 15 is 0 Å². The molecule has 1 aromatic carbocycles. The first kappa shape index (κ1) is 19.1. The number of aromatic nitrogens is 2. The highest BCUT2D eigenvalue weighted by atomic mass is 19.4. The van der Waals surface area contributed by atoms with Crippen molar-refractivity contribution >= 4 is 0 Å². The topological polar surface area (TPSA) is 78.3 Å². The minimum Gasteiger partial charge on any atom is -0.507 e. The minimum absolute atomic E-state index is 0.219. The van der Waals surface area contributed by atoms with Crippen molar-refractivity contribution in [2.24, 2.45) is 0 Å². The van der Waals surface area contributed by atoms with Crippen molar-refractivity contribution < 1.29 is 23.4 Å². The van der Waals surface area contributed by atoms with Gasteiger partial charge < -0.3 is 15.5 Å². The number of nitrogens with zero attached hydrogens (tertiary/aromatic N) is 2. The van der Waals surface area contributed by atoms with Crippen LogP contribution >= 0.6 is 0 Å². The Labute approximate surface area is 143 Å². The molecule has 0 saturated carbocycles. The van der Waals surface area contributed by atoms with E-state index in [9.17, 15) is 23.4 Å². The maximum atomic E-state index is 12.8. The van der Waals surface area contributed by atoms with Gasteiger partial charge in [-0.25, -0.2) is 0 Å². The smallest absolute Gasteiger partial charge is 0.416 e. The number of rotatable bonds is 5. The van der Waals surface area contributed by atoms with Crippen molar-refractivity contribution in [3.63, 3.8) is 0 Å². The zero-order valence-corrected chi connectivity index (χ0v) is 14.1. The van der Waals surface area contributed by atoms with E-state index in [0.29, 0.717) is 24.8 Å². The SMILES string of the molecule is Cc1cc(C(F)(F)F)cc(O)c1-c1ccc(CNCC(C)(C)O)nn1. The highest BCUT2D eigenvalue weighted by molar-refractivity contribution is 5.71. The molecule has 8 heteroatoms. The molecule has 0 aliphatic carbocycles. The van der Waals surface area contributed by atoms with Gasteiger partial charge in [0.2, 0.25) is 0 Å². The van der Waals surface area contributed by atoms with Crippen molar-refractivity contribution in [1.82, 2.24) is 15.5 Å². The number of phenolic OH excluding ortho intramolecular Hbond substituents is 1. The Balaban J connectivity index is 2.20. The number of aromatic hydroxyl groups is 1. The van der Waals surface area contributed by atoms with Crippen LogP contribution in [0.25, 0.3) is 11.3 Å². The zero-order chi connectivity index (χ0) is 18.8. The predicted molar refractivity (Wildman–Crippen MR) is 86.9 cm³/mol. The standard InChI is InChI=1S/C17H20F3N3O2/c1-10-6-11(17(18,19)20)7-14(24)15(10)13-5-4-12(22-23-13)8-21-9-16(2,3)25/h4-7,21,24-25H,8-9H2,1-3H3. The molecule has 136 valence electrons. The molecule has 0 fully saturated rings. The van der Waals surface area contributed by atoms with Gasteiger partial charge in [-0.1, -0.05) is 0 Å². The van der Waals surface area contributed by atoms with Crippen molar-refractivity contribution in [2.75, 3.05) is 6.54 Å². The predicted octanol–water partition coefficient (Wildman–Crippen LogP) is 3.04. The summed E-state index contributed by atoms with van der Waals surface area (Å²) in [4.78, 5) is 0. The molecule has 0 spiro atoms. The van der Waals surface area contributed by atoms with E-state index in [4.69, 9.17) is 0 Å². The van der Waals surface area contributed by atoms with Crippen LogP contribution in [0.5, 0.6) is 5.75 Å². The molecule has 0 aliphatic rings. The molecule has 0 bridgehead atoms. The van der Waals surface area contributed by atoms with Gasteiger partial charge >= 0.3 is 6.18 Å². The van der Waals surface area contributed by atoms with Crippen molar-refractivity contribution in [3.8, 4) is 17.0 Å². The average Bonchev–Trinajstić information content (AvgIpc) is 2.46. The number of aryl methyl sites for hydroxylation is 1. The molecule has 1 heterocycles.